The van der Waals surface area contributed by atoms with Crippen molar-refractivity contribution in [2.75, 3.05) is 12.3 Å². The first kappa shape index (κ1) is 25.9. The number of rotatable bonds is 3. The van der Waals surface area contributed by atoms with Gasteiger partial charge < -0.3 is 11.5 Å². The minimum absolute atomic E-state index is 0.0369. The lowest BCUT2D eigenvalue weighted by atomic mass is 10.0. The Bertz CT molecular complexity index is 1530. The number of hydrogen-bond acceptors (Lipinski definition) is 7. The summed E-state index contributed by atoms with van der Waals surface area (Å²) in [4.78, 5) is 4.34. The number of nitrogens with one attached hydrogen (secondary N) is 1. The first-order valence-electron chi connectivity index (χ1n) is 10.6. The van der Waals surface area contributed by atoms with Crippen LogP contribution < -0.4 is 11.5 Å². The number of isothiocyanates is 1. The molecule has 4 aromatic carbocycles. The third kappa shape index (κ3) is 6.24. The van der Waals surface area contributed by atoms with E-state index in [2.05, 4.69) is 35.4 Å². The minimum atomic E-state index is -4.35. The van der Waals surface area contributed by atoms with Crippen LogP contribution in [0.25, 0.3) is 32.6 Å². The molecule has 0 radical (unpaired) electrons. The van der Waals surface area contributed by atoms with Gasteiger partial charge in [-0.05, 0) is 60.4 Å². The third-order valence-electron chi connectivity index (χ3n) is 5.23. The second-order valence-electron chi connectivity index (χ2n) is 7.49. The fourth-order valence-electron chi connectivity index (χ4n) is 3.79. The van der Waals surface area contributed by atoms with E-state index in [-0.39, 0.29) is 10.6 Å². The summed E-state index contributed by atoms with van der Waals surface area (Å²) in [7, 11) is -4.35. The Labute approximate surface area is 208 Å². The molecule has 1 aromatic heterocycles. The number of para-hydroxylation sites is 2. The van der Waals surface area contributed by atoms with E-state index >= 15 is 0 Å². The van der Waals surface area contributed by atoms with E-state index in [0.717, 1.165) is 22.0 Å². The van der Waals surface area contributed by atoms with Crippen LogP contribution in [0.5, 0.6) is 0 Å². The van der Waals surface area contributed by atoms with Crippen molar-refractivity contribution in [1.29, 1.82) is 5.41 Å². The van der Waals surface area contributed by atoms with Crippen molar-refractivity contribution in [3.8, 4) is 0 Å². The molecule has 5 aromatic rings. The summed E-state index contributed by atoms with van der Waals surface area (Å²) in [5, 5.41) is 10.9. The Kier molecular flexibility index (Phi) is 8.59. The maximum Gasteiger partial charge on any atom is 0.297 e. The average Bonchev–Trinajstić information content (AvgIpc) is 2.83. The van der Waals surface area contributed by atoms with Gasteiger partial charge in [0.05, 0.1) is 21.9 Å². The predicted molar refractivity (Wildman–Crippen MR) is 146 cm³/mol. The Morgan fingerprint density at radius 1 is 0.886 bits per heavy atom. The predicted octanol–water partition coefficient (Wildman–Crippen LogP) is 5.23. The maximum atomic E-state index is 11.4. The fraction of sp³-hybridized carbons (Fsp3) is 0.0769. The normalized spacial score (nSPS) is 10.7. The van der Waals surface area contributed by atoms with Gasteiger partial charge >= 0.3 is 0 Å². The topological polar surface area (TPSA) is 143 Å². The Morgan fingerprint density at radius 2 is 1.46 bits per heavy atom. The van der Waals surface area contributed by atoms with E-state index in [1.165, 1.54) is 16.8 Å². The van der Waals surface area contributed by atoms with Crippen LogP contribution in [-0.4, -0.2) is 29.7 Å². The Hall–Kier alpha value is -3.72. The molecule has 0 spiro atoms. The van der Waals surface area contributed by atoms with Gasteiger partial charge in [-0.2, -0.15) is 8.42 Å². The van der Waals surface area contributed by atoms with Crippen LogP contribution in [0.4, 0.5) is 5.69 Å². The SMILES string of the molecule is N=C=S.NCCc1cccc2c(S(=O)(=O)O)c(N)ccc12.c1ccc2nc3ccccc3cc2c1. The molecule has 0 atom stereocenters. The summed E-state index contributed by atoms with van der Waals surface area (Å²) in [5.74, 6) is 0. The summed E-state index contributed by atoms with van der Waals surface area (Å²) in [6.07, 6.45) is 0.631. The molecule has 7 nitrogen and oxygen atoms in total. The number of nitrogens with two attached hydrogens (primary N) is 2. The number of aromatic nitrogens is 1. The highest BCUT2D eigenvalue weighted by Crippen LogP contribution is 2.30. The minimum Gasteiger partial charge on any atom is -0.398 e. The number of nitrogen functional groups attached to an aromatic ring is 1. The fourth-order valence-corrected chi connectivity index (χ4v) is 4.62. The number of hydrogen-bond donors (Lipinski definition) is 4. The molecule has 0 aliphatic rings. The van der Waals surface area contributed by atoms with Crippen molar-refractivity contribution >= 4 is 65.8 Å². The van der Waals surface area contributed by atoms with E-state index in [9.17, 15) is 13.0 Å². The molecule has 1 heterocycles. The second-order valence-corrected chi connectivity index (χ2v) is 9.05. The van der Waals surface area contributed by atoms with Crippen molar-refractivity contribution in [1.82, 2.24) is 4.98 Å². The molecule has 0 saturated carbocycles. The first-order valence-corrected chi connectivity index (χ1v) is 12.4. The van der Waals surface area contributed by atoms with Gasteiger partial charge in [-0.15, -0.1) is 0 Å². The molecule has 0 amide bonds. The number of thiocarbonyl (C=S) groups is 1. The van der Waals surface area contributed by atoms with Gasteiger partial charge in [0.15, 0.2) is 0 Å². The molecule has 5 rings (SSSR count). The smallest absolute Gasteiger partial charge is 0.297 e. The van der Waals surface area contributed by atoms with Crippen molar-refractivity contribution in [3.63, 3.8) is 0 Å². The average molecular weight is 505 g/mol. The molecule has 0 aliphatic carbocycles. The molecular weight excluding hydrogens is 480 g/mol. The van der Waals surface area contributed by atoms with Gasteiger partial charge in [0, 0.05) is 16.2 Å². The zero-order chi connectivity index (χ0) is 25.4. The van der Waals surface area contributed by atoms with E-state index < -0.39 is 10.1 Å². The van der Waals surface area contributed by atoms with Gasteiger partial charge in [-0.25, -0.2) is 10.4 Å². The van der Waals surface area contributed by atoms with Crippen molar-refractivity contribution in [3.05, 3.63) is 90.5 Å². The molecule has 178 valence electrons. The van der Waals surface area contributed by atoms with Crippen LogP contribution in [0.2, 0.25) is 0 Å². The summed E-state index contributed by atoms with van der Waals surface area (Å²) in [5.41, 5.74) is 14.2. The van der Waals surface area contributed by atoms with Crippen LogP contribution in [-0.2, 0) is 16.5 Å². The zero-order valence-electron chi connectivity index (χ0n) is 18.7. The van der Waals surface area contributed by atoms with Crippen LogP contribution >= 0.6 is 12.2 Å². The lowest BCUT2D eigenvalue weighted by molar-refractivity contribution is 0.484. The second kappa shape index (κ2) is 11.6. The maximum absolute atomic E-state index is 11.4. The number of fused-ring (bicyclic) bond motifs is 3. The molecule has 0 saturated heterocycles. The van der Waals surface area contributed by atoms with Crippen molar-refractivity contribution in [2.45, 2.75) is 11.3 Å². The Morgan fingerprint density at radius 3 is 2.00 bits per heavy atom. The lowest BCUT2D eigenvalue weighted by Gasteiger charge is -2.10. The summed E-state index contributed by atoms with van der Waals surface area (Å²) in [6.45, 7) is 0.463. The van der Waals surface area contributed by atoms with E-state index in [0.29, 0.717) is 18.4 Å². The number of pyridine rings is 1. The molecule has 0 bridgehead atoms. The van der Waals surface area contributed by atoms with Gasteiger partial charge in [0.1, 0.15) is 4.90 Å². The van der Waals surface area contributed by atoms with E-state index in [4.69, 9.17) is 16.9 Å². The van der Waals surface area contributed by atoms with Crippen LogP contribution in [0.15, 0.2) is 89.8 Å². The van der Waals surface area contributed by atoms with Gasteiger partial charge in [0.25, 0.3) is 10.1 Å². The third-order valence-corrected chi connectivity index (χ3v) is 6.20. The van der Waals surface area contributed by atoms with Gasteiger partial charge in [-0.1, -0.05) is 60.7 Å². The van der Waals surface area contributed by atoms with Crippen molar-refractivity contribution < 1.29 is 13.0 Å². The van der Waals surface area contributed by atoms with Crippen LogP contribution in [0.3, 0.4) is 0 Å². The number of benzene rings is 4. The lowest BCUT2D eigenvalue weighted by Crippen LogP contribution is -2.06. The highest BCUT2D eigenvalue weighted by molar-refractivity contribution is 7.86. The molecule has 0 unspecified atom stereocenters. The van der Waals surface area contributed by atoms with Crippen LogP contribution in [0.1, 0.15) is 5.56 Å². The van der Waals surface area contributed by atoms with Gasteiger partial charge in [-0.3, -0.25) is 4.55 Å². The number of anilines is 1. The monoisotopic (exact) mass is 504 g/mol. The first-order chi connectivity index (χ1) is 16.8. The molecule has 0 aliphatic heterocycles. The van der Waals surface area contributed by atoms with E-state index in [1.807, 2.05) is 42.5 Å². The summed E-state index contributed by atoms with van der Waals surface area (Å²) in [6, 6.07) is 27.0. The molecule has 0 fully saturated rings. The standard InChI is InChI=1S/C13H9N.C12H14N2O3S.CHNS/c1-3-7-12-10(5-1)9-11-6-2-4-8-13(11)14-12;13-7-6-8-2-1-3-10-9(8)4-5-11(14)12(10)18(15,16)17;2-1-3/h1-9H;1-5H,6-7,13-14H2,(H,15,16,17);2H. The summed E-state index contributed by atoms with van der Waals surface area (Å²) < 4.78 is 32.0. The van der Waals surface area contributed by atoms with Crippen molar-refractivity contribution in [2.24, 2.45) is 5.73 Å². The molecular formula is C26H24N4O3S2. The molecule has 9 heteroatoms. The van der Waals surface area contributed by atoms with Gasteiger partial charge in [0.2, 0.25) is 0 Å². The quantitative estimate of drug-likeness (QED) is 0.0866. The highest BCUT2D eigenvalue weighted by atomic mass is 32.2. The molecule has 6 N–H and O–H groups in total. The highest BCUT2D eigenvalue weighted by Gasteiger charge is 2.18. The molecule has 35 heavy (non-hydrogen) atoms. The largest absolute Gasteiger partial charge is 0.398 e. The van der Waals surface area contributed by atoms with Crippen LogP contribution in [0, 0.1) is 5.41 Å². The Balaban J connectivity index is 0.000000180. The summed E-state index contributed by atoms with van der Waals surface area (Å²) >= 11 is 3.81. The van der Waals surface area contributed by atoms with E-state index in [1.54, 1.807) is 23.4 Å². The zero-order valence-corrected chi connectivity index (χ0v) is 20.3. The number of nitrogens with zero attached hydrogens (tertiary/aromatic N) is 1.